The first-order chi connectivity index (χ1) is 8.08. The number of carbonyl (C=O) groups excluding carboxylic acids is 1. The van der Waals surface area contributed by atoms with Gasteiger partial charge in [-0.25, -0.2) is 0 Å². The van der Waals surface area contributed by atoms with Crippen LogP contribution in [0.15, 0.2) is 0 Å². The maximum Gasteiger partial charge on any atom is 0.234 e. The van der Waals surface area contributed by atoms with Gasteiger partial charge in [0, 0.05) is 25.8 Å². The van der Waals surface area contributed by atoms with Gasteiger partial charge in [-0.15, -0.1) is 0 Å². The number of hydrogen-bond acceptors (Lipinski definition) is 4. The number of nitrogens with zero attached hydrogens (tertiary/aromatic N) is 1. The Hall–Kier alpha value is -0.650. The zero-order valence-electron chi connectivity index (χ0n) is 10.8. The lowest BCUT2D eigenvalue weighted by Gasteiger charge is -2.24. The van der Waals surface area contributed by atoms with Crippen molar-refractivity contribution in [2.75, 3.05) is 33.4 Å². The highest BCUT2D eigenvalue weighted by molar-refractivity contribution is 5.78. The van der Waals surface area contributed by atoms with Gasteiger partial charge in [0.05, 0.1) is 12.6 Å². The number of likely N-dealkylation sites (N-methyl/N-ethyl adjacent to an activating group) is 1. The molecule has 1 aliphatic heterocycles. The zero-order chi connectivity index (χ0) is 12.7. The summed E-state index contributed by atoms with van der Waals surface area (Å²) in [5.41, 5.74) is 0. The Bertz CT molecular complexity index is 228. The number of amides is 1. The van der Waals surface area contributed by atoms with Crippen molar-refractivity contribution in [3.05, 3.63) is 0 Å². The van der Waals surface area contributed by atoms with Crippen LogP contribution >= 0.6 is 0 Å². The molecular weight excluding hydrogens is 220 g/mol. The van der Waals surface area contributed by atoms with Crippen LogP contribution in [0.2, 0.25) is 0 Å². The molecule has 5 heteroatoms. The molecule has 1 rings (SSSR count). The molecule has 0 aromatic carbocycles. The fraction of sp³-hybridized carbons (Fsp3) is 0.917. The van der Waals surface area contributed by atoms with Crippen LogP contribution in [0, 0.1) is 0 Å². The summed E-state index contributed by atoms with van der Waals surface area (Å²) in [6.07, 6.45) is 2.20. The molecule has 0 radical (unpaired) electrons. The largest absolute Gasteiger partial charge is 0.393 e. The lowest BCUT2D eigenvalue weighted by atomic mass is 10.1. The molecule has 0 aromatic heterocycles. The normalized spacial score (nSPS) is 19.3. The molecule has 2 N–H and O–H groups in total. The molecule has 1 unspecified atom stereocenters. The number of aliphatic hydroxyl groups excluding tert-OH is 1. The maximum absolute atomic E-state index is 11.7. The molecule has 1 saturated heterocycles. The van der Waals surface area contributed by atoms with Gasteiger partial charge in [0.2, 0.25) is 5.91 Å². The molecule has 1 aliphatic rings. The third-order valence-corrected chi connectivity index (χ3v) is 2.93. The van der Waals surface area contributed by atoms with Gasteiger partial charge in [0.1, 0.15) is 0 Å². The summed E-state index contributed by atoms with van der Waals surface area (Å²) in [5.74, 6) is 0.0602. The molecule has 5 nitrogen and oxygen atoms in total. The molecule has 1 heterocycles. The summed E-state index contributed by atoms with van der Waals surface area (Å²) >= 11 is 0. The molecule has 0 aliphatic carbocycles. The Morgan fingerprint density at radius 2 is 2.18 bits per heavy atom. The summed E-state index contributed by atoms with van der Waals surface area (Å²) in [5, 5.41) is 12.2. The van der Waals surface area contributed by atoms with E-state index in [-0.39, 0.29) is 18.1 Å². The van der Waals surface area contributed by atoms with Crippen molar-refractivity contribution < 1.29 is 14.6 Å². The van der Waals surface area contributed by atoms with E-state index in [1.807, 2.05) is 11.9 Å². The van der Waals surface area contributed by atoms with Crippen LogP contribution in [0.25, 0.3) is 0 Å². The predicted molar refractivity (Wildman–Crippen MR) is 65.8 cm³/mol. The van der Waals surface area contributed by atoms with Crippen LogP contribution < -0.4 is 5.32 Å². The fourth-order valence-electron chi connectivity index (χ4n) is 1.85. The third-order valence-electron chi connectivity index (χ3n) is 2.93. The van der Waals surface area contributed by atoms with Crippen LogP contribution in [0.5, 0.6) is 0 Å². The van der Waals surface area contributed by atoms with E-state index in [0.717, 1.165) is 32.6 Å². The lowest BCUT2D eigenvalue weighted by molar-refractivity contribution is -0.123. The number of hydrogen-bond donors (Lipinski definition) is 2. The summed E-state index contributed by atoms with van der Waals surface area (Å²) < 4.78 is 5.24. The van der Waals surface area contributed by atoms with Crippen molar-refractivity contribution in [1.29, 1.82) is 0 Å². The Morgan fingerprint density at radius 1 is 1.53 bits per heavy atom. The van der Waals surface area contributed by atoms with Crippen LogP contribution in [-0.4, -0.2) is 61.4 Å². The maximum atomic E-state index is 11.7. The van der Waals surface area contributed by atoms with E-state index >= 15 is 0 Å². The molecule has 1 amide bonds. The molecular formula is C12H24N2O3. The smallest absolute Gasteiger partial charge is 0.234 e. The van der Waals surface area contributed by atoms with Gasteiger partial charge in [0.15, 0.2) is 0 Å². The van der Waals surface area contributed by atoms with Gasteiger partial charge in [-0.1, -0.05) is 0 Å². The zero-order valence-corrected chi connectivity index (χ0v) is 10.8. The van der Waals surface area contributed by atoms with Gasteiger partial charge in [-0.2, -0.15) is 0 Å². The minimum Gasteiger partial charge on any atom is -0.393 e. The standard InChI is InChI=1S/C12H24N2O3/c1-10(15)3-6-14(2)9-12(16)13-11-4-7-17-8-5-11/h10-11,15H,3-9H2,1-2H3,(H,13,16). The van der Waals surface area contributed by atoms with Crippen molar-refractivity contribution in [3.63, 3.8) is 0 Å². The molecule has 17 heavy (non-hydrogen) atoms. The Balaban J connectivity index is 2.14. The Kier molecular flexibility index (Phi) is 6.47. The predicted octanol–water partition coefficient (Wildman–Crippen LogP) is -0.0157. The number of aliphatic hydroxyl groups is 1. The Labute approximate surface area is 103 Å². The quantitative estimate of drug-likeness (QED) is 0.689. The first-order valence-electron chi connectivity index (χ1n) is 6.31. The molecule has 0 aromatic rings. The topological polar surface area (TPSA) is 61.8 Å². The molecule has 1 fully saturated rings. The van der Waals surface area contributed by atoms with Crippen LogP contribution in [0.3, 0.4) is 0 Å². The van der Waals surface area contributed by atoms with Crippen LogP contribution in [0.4, 0.5) is 0 Å². The summed E-state index contributed by atoms with van der Waals surface area (Å²) in [6.45, 7) is 4.37. The van der Waals surface area contributed by atoms with Crippen molar-refractivity contribution in [2.45, 2.75) is 38.3 Å². The average molecular weight is 244 g/mol. The van der Waals surface area contributed by atoms with Crippen LogP contribution in [-0.2, 0) is 9.53 Å². The number of ether oxygens (including phenoxy) is 1. The second kappa shape index (κ2) is 7.63. The monoisotopic (exact) mass is 244 g/mol. The fourth-order valence-corrected chi connectivity index (χ4v) is 1.85. The highest BCUT2D eigenvalue weighted by Gasteiger charge is 2.16. The van der Waals surface area contributed by atoms with Crippen molar-refractivity contribution in [1.82, 2.24) is 10.2 Å². The summed E-state index contributed by atoms with van der Waals surface area (Å²) in [7, 11) is 1.89. The second-order valence-electron chi connectivity index (χ2n) is 4.83. The first kappa shape index (κ1) is 14.4. The van der Waals surface area contributed by atoms with E-state index < -0.39 is 0 Å². The van der Waals surface area contributed by atoms with E-state index in [0.29, 0.717) is 13.0 Å². The third kappa shape index (κ3) is 6.61. The van der Waals surface area contributed by atoms with Gasteiger partial charge in [-0.05, 0) is 33.2 Å². The molecule has 0 spiro atoms. The van der Waals surface area contributed by atoms with Crippen molar-refractivity contribution in [3.8, 4) is 0 Å². The summed E-state index contributed by atoms with van der Waals surface area (Å²) in [4.78, 5) is 13.6. The molecule has 0 saturated carbocycles. The van der Waals surface area contributed by atoms with Crippen molar-refractivity contribution in [2.24, 2.45) is 0 Å². The van der Waals surface area contributed by atoms with Gasteiger partial charge in [0.25, 0.3) is 0 Å². The molecule has 100 valence electrons. The minimum absolute atomic E-state index is 0.0602. The first-order valence-corrected chi connectivity index (χ1v) is 6.31. The average Bonchev–Trinajstić information content (AvgIpc) is 2.27. The molecule has 0 bridgehead atoms. The van der Waals surface area contributed by atoms with E-state index in [9.17, 15) is 4.79 Å². The number of nitrogens with one attached hydrogen (secondary N) is 1. The van der Waals surface area contributed by atoms with Gasteiger partial charge < -0.3 is 15.2 Å². The highest BCUT2D eigenvalue weighted by atomic mass is 16.5. The van der Waals surface area contributed by atoms with E-state index in [1.165, 1.54) is 0 Å². The molecule has 1 atom stereocenters. The van der Waals surface area contributed by atoms with Gasteiger partial charge >= 0.3 is 0 Å². The van der Waals surface area contributed by atoms with E-state index in [4.69, 9.17) is 9.84 Å². The SMILES string of the molecule is CC(O)CCN(C)CC(=O)NC1CCOCC1. The number of rotatable bonds is 6. The van der Waals surface area contributed by atoms with Gasteiger partial charge in [-0.3, -0.25) is 9.69 Å². The van der Waals surface area contributed by atoms with E-state index in [1.54, 1.807) is 6.92 Å². The van der Waals surface area contributed by atoms with Crippen molar-refractivity contribution >= 4 is 5.91 Å². The number of carbonyl (C=O) groups is 1. The second-order valence-corrected chi connectivity index (χ2v) is 4.83. The Morgan fingerprint density at radius 3 is 2.76 bits per heavy atom. The lowest BCUT2D eigenvalue weighted by Crippen LogP contribution is -2.43. The summed E-state index contributed by atoms with van der Waals surface area (Å²) in [6, 6.07) is 0.265. The van der Waals surface area contributed by atoms with Crippen LogP contribution in [0.1, 0.15) is 26.2 Å². The van der Waals surface area contributed by atoms with E-state index in [2.05, 4.69) is 5.32 Å². The minimum atomic E-state index is -0.309. The highest BCUT2D eigenvalue weighted by Crippen LogP contribution is 2.05.